The van der Waals surface area contributed by atoms with Gasteiger partial charge in [0.15, 0.2) is 0 Å². The molecular weight excluding hydrogens is 100 g/mol. The molecule has 0 aromatic heterocycles. The molecule has 0 aromatic rings. The molecule has 4 N–H and O–H groups in total. The van der Waals surface area contributed by atoms with E-state index < -0.39 is 0 Å². The SMILES string of the molecule is CC(C)C(N)/C=C\N. The summed E-state index contributed by atoms with van der Waals surface area (Å²) < 4.78 is 0. The van der Waals surface area contributed by atoms with Crippen LogP contribution in [-0.4, -0.2) is 6.04 Å². The van der Waals surface area contributed by atoms with Gasteiger partial charge in [0.1, 0.15) is 0 Å². The van der Waals surface area contributed by atoms with Crippen LogP contribution in [0.1, 0.15) is 13.8 Å². The van der Waals surface area contributed by atoms with Crippen molar-refractivity contribution in [2.75, 3.05) is 0 Å². The molecule has 8 heavy (non-hydrogen) atoms. The van der Waals surface area contributed by atoms with E-state index in [4.69, 9.17) is 11.5 Å². The first-order valence-electron chi connectivity index (χ1n) is 2.82. The van der Waals surface area contributed by atoms with Gasteiger partial charge in [-0.1, -0.05) is 19.9 Å². The molecule has 0 bridgehead atoms. The fourth-order valence-corrected chi connectivity index (χ4v) is 0.351. The fraction of sp³-hybridized carbons (Fsp3) is 0.667. The van der Waals surface area contributed by atoms with Gasteiger partial charge in [-0.15, -0.1) is 0 Å². The fourth-order valence-electron chi connectivity index (χ4n) is 0.351. The van der Waals surface area contributed by atoms with Gasteiger partial charge in [0.05, 0.1) is 0 Å². The lowest BCUT2D eigenvalue weighted by Crippen LogP contribution is -2.23. The standard InChI is InChI=1S/C6H14N2/c1-5(2)6(8)3-4-7/h3-6H,7-8H2,1-2H3/b4-3-. The Hall–Kier alpha value is -0.500. The zero-order chi connectivity index (χ0) is 6.57. The lowest BCUT2D eigenvalue weighted by Gasteiger charge is -2.08. The van der Waals surface area contributed by atoms with Crippen molar-refractivity contribution in [1.29, 1.82) is 0 Å². The molecule has 2 nitrogen and oxygen atoms in total. The van der Waals surface area contributed by atoms with E-state index in [1.807, 2.05) is 0 Å². The molecule has 0 aliphatic rings. The van der Waals surface area contributed by atoms with Crippen LogP contribution < -0.4 is 11.5 Å². The van der Waals surface area contributed by atoms with Crippen molar-refractivity contribution in [3.63, 3.8) is 0 Å². The minimum absolute atomic E-state index is 0.111. The third-order valence-corrected chi connectivity index (χ3v) is 1.10. The molecule has 0 amide bonds. The normalized spacial score (nSPS) is 15.5. The highest BCUT2D eigenvalue weighted by Crippen LogP contribution is 1.97. The van der Waals surface area contributed by atoms with Crippen LogP contribution >= 0.6 is 0 Å². The average Bonchev–Trinajstić information content (AvgIpc) is 1.67. The summed E-state index contributed by atoms with van der Waals surface area (Å²) in [4.78, 5) is 0. The molecule has 2 heteroatoms. The first kappa shape index (κ1) is 7.50. The molecular formula is C6H14N2. The second kappa shape index (κ2) is 3.50. The van der Waals surface area contributed by atoms with Gasteiger partial charge in [0.25, 0.3) is 0 Å². The summed E-state index contributed by atoms with van der Waals surface area (Å²) in [6.45, 7) is 4.12. The first-order chi connectivity index (χ1) is 3.68. The van der Waals surface area contributed by atoms with Gasteiger partial charge in [0.2, 0.25) is 0 Å². The quantitative estimate of drug-likeness (QED) is 0.547. The largest absolute Gasteiger partial charge is 0.405 e. The molecule has 0 heterocycles. The molecule has 0 saturated heterocycles. The Bertz CT molecular complexity index is 76.6. The summed E-state index contributed by atoms with van der Waals surface area (Å²) in [5, 5.41) is 0. The molecule has 0 spiro atoms. The number of hydrogen-bond acceptors (Lipinski definition) is 2. The number of hydrogen-bond donors (Lipinski definition) is 2. The van der Waals surface area contributed by atoms with Crippen LogP contribution in [0.25, 0.3) is 0 Å². The van der Waals surface area contributed by atoms with Gasteiger partial charge in [-0.3, -0.25) is 0 Å². The van der Waals surface area contributed by atoms with Crippen molar-refractivity contribution in [2.24, 2.45) is 17.4 Å². The highest BCUT2D eigenvalue weighted by atomic mass is 14.6. The van der Waals surface area contributed by atoms with E-state index in [0.717, 1.165) is 0 Å². The summed E-state index contributed by atoms with van der Waals surface area (Å²) in [5.41, 5.74) is 10.7. The molecule has 0 rings (SSSR count). The second-order valence-electron chi connectivity index (χ2n) is 2.21. The molecule has 0 radical (unpaired) electrons. The van der Waals surface area contributed by atoms with Crippen LogP contribution in [0.5, 0.6) is 0 Å². The third kappa shape index (κ3) is 2.64. The van der Waals surface area contributed by atoms with E-state index in [2.05, 4.69) is 13.8 Å². The third-order valence-electron chi connectivity index (χ3n) is 1.10. The van der Waals surface area contributed by atoms with Gasteiger partial charge in [-0.05, 0) is 12.1 Å². The number of rotatable bonds is 2. The van der Waals surface area contributed by atoms with Crippen LogP contribution in [0.3, 0.4) is 0 Å². The summed E-state index contributed by atoms with van der Waals surface area (Å²) in [5.74, 6) is 0.481. The predicted octanol–water partition coefficient (Wildman–Crippen LogP) is 0.442. The molecule has 0 aliphatic carbocycles. The Morgan fingerprint density at radius 2 is 1.88 bits per heavy atom. The van der Waals surface area contributed by atoms with Crippen molar-refractivity contribution < 1.29 is 0 Å². The van der Waals surface area contributed by atoms with Crippen molar-refractivity contribution in [3.8, 4) is 0 Å². The van der Waals surface area contributed by atoms with Gasteiger partial charge < -0.3 is 11.5 Å². The predicted molar refractivity (Wildman–Crippen MR) is 36.1 cm³/mol. The average molecular weight is 114 g/mol. The molecule has 0 aromatic carbocycles. The topological polar surface area (TPSA) is 52.0 Å². The van der Waals surface area contributed by atoms with Crippen LogP contribution in [0.2, 0.25) is 0 Å². The van der Waals surface area contributed by atoms with E-state index in [1.165, 1.54) is 6.20 Å². The molecule has 0 saturated carbocycles. The lowest BCUT2D eigenvalue weighted by molar-refractivity contribution is 0.570. The summed E-state index contributed by atoms with van der Waals surface area (Å²) in [6.07, 6.45) is 3.29. The Kier molecular flexibility index (Phi) is 3.28. The molecule has 48 valence electrons. The zero-order valence-electron chi connectivity index (χ0n) is 5.46. The maximum absolute atomic E-state index is 5.56. The van der Waals surface area contributed by atoms with Crippen molar-refractivity contribution in [2.45, 2.75) is 19.9 Å². The number of nitrogens with two attached hydrogens (primary N) is 2. The molecule has 1 unspecified atom stereocenters. The highest BCUT2D eigenvalue weighted by molar-refractivity contribution is 4.89. The highest BCUT2D eigenvalue weighted by Gasteiger charge is 2.00. The van der Waals surface area contributed by atoms with Crippen molar-refractivity contribution in [1.82, 2.24) is 0 Å². The van der Waals surface area contributed by atoms with Crippen molar-refractivity contribution in [3.05, 3.63) is 12.3 Å². The first-order valence-corrected chi connectivity index (χ1v) is 2.82. The Morgan fingerprint density at radius 1 is 1.38 bits per heavy atom. The van der Waals surface area contributed by atoms with Crippen molar-refractivity contribution >= 4 is 0 Å². The van der Waals surface area contributed by atoms with E-state index in [0.29, 0.717) is 5.92 Å². The maximum atomic E-state index is 5.56. The van der Waals surface area contributed by atoms with E-state index in [1.54, 1.807) is 6.08 Å². The van der Waals surface area contributed by atoms with E-state index in [9.17, 15) is 0 Å². The molecule has 1 atom stereocenters. The maximum Gasteiger partial charge on any atom is 0.0264 e. The van der Waals surface area contributed by atoms with Gasteiger partial charge >= 0.3 is 0 Å². The molecule has 0 aliphatic heterocycles. The monoisotopic (exact) mass is 114 g/mol. The zero-order valence-corrected chi connectivity index (χ0v) is 5.46. The Morgan fingerprint density at radius 3 is 2.00 bits per heavy atom. The Balaban J connectivity index is 3.47. The van der Waals surface area contributed by atoms with E-state index >= 15 is 0 Å². The van der Waals surface area contributed by atoms with Crippen LogP contribution in [-0.2, 0) is 0 Å². The van der Waals surface area contributed by atoms with E-state index in [-0.39, 0.29) is 6.04 Å². The van der Waals surface area contributed by atoms with Gasteiger partial charge in [-0.2, -0.15) is 0 Å². The lowest BCUT2D eigenvalue weighted by atomic mass is 10.1. The Labute approximate surface area is 50.6 Å². The minimum atomic E-state index is 0.111. The van der Waals surface area contributed by atoms with Crippen LogP contribution in [0.15, 0.2) is 12.3 Å². The summed E-state index contributed by atoms with van der Waals surface area (Å²) >= 11 is 0. The van der Waals surface area contributed by atoms with Gasteiger partial charge in [-0.25, -0.2) is 0 Å². The minimum Gasteiger partial charge on any atom is -0.405 e. The van der Waals surface area contributed by atoms with Crippen LogP contribution in [0, 0.1) is 5.92 Å². The van der Waals surface area contributed by atoms with Gasteiger partial charge in [0, 0.05) is 6.04 Å². The summed E-state index contributed by atoms with van der Waals surface area (Å²) in [6, 6.07) is 0.111. The van der Waals surface area contributed by atoms with Crippen LogP contribution in [0.4, 0.5) is 0 Å². The summed E-state index contributed by atoms with van der Waals surface area (Å²) in [7, 11) is 0. The molecule has 0 fully saturated rings. The smallest absolute Gasteiger partial charge is 0.0264 e. The second-order valence-corrected chi connectivity index (χ2v) is 2.21.